The molecule has 1 heterocycles. The van der Waals surface area contributed by atoms with Gasteiger partial charge in [-0.3, -0.25) is 0 Å². The summed E-state index contributed by atoms with van der Waals surface area (Å²) in [6, 6.07) is 6.30. The van der Waals surface area contributed by atoms with Gasteiger partial charge in [0.1, 0.15) is 5.75 Å². The van der Waals surface area contributed by atoms with E-state index in [0.717, 1.165) is 30.8 Å². The molecule has 0 amide bonds. The van der Waals surface area contributed by atoms with Crippen LogP contribution in [0.4, 0.5) is 0 Å². The van der Waals surface area contributed by atoms with Crippen LogP contribution in [-0.2, 0) is 6.42 Å². The van der Waals surface area contributed by atoms with Crippen molar-refractivity contribution in [3.05, 3.63) is 29.3 Å². The molecule has 1 aromatic carbocycles. The summed E-state index contributed by atoms with van der Waals surface area (Å²) < 4.78 is 5.64. The summed E-state index contributed by atoms with van der Waals surface area (Å²) in [6.45, 7) is 2.82. The van der Waals surface area contributed by atoms with Crippen LogP contribution in [0.5, 0.6) is 5.75 Å². The van der Waals surface area contributed by atoms with Crippen molar-refractivity contribution in [2.75, 3.05) is 6.61 Å². The molecule has 1 aliphatic rings. The summed E-state index contributed by atoms with van der Waals surface area (Å²) in [5.41, 5.74) is 8.30. The number of ether oxygens (including phenoxy) is 1. The van der Waals surface area contributed by atoms with Crippen molar-refractivity contribution in [3.63, 3.8) is 0 Å². The largest absolute Gasteiger partial charge is 0.493 e. The van der Waals surface area contributed by atoms with E-state index in [4.69, 9.17) is 10.5 Å². The molecule has 0 saturated carbocycles. The lowest BCUT2D eigenvalue weighted by Crippen LogP contribution is -2.14. The molecule has 1 aliphatic heterocycles. The quantitative estimate of drug-likeness (QED) is 0.712. The molecule has 2 heteroatoms. The first-order valence-corrected chi connectivity index (χ1v) is 4.79. The molecule has 2 rings (SSSR count). The molecule has 0 radical (unpaired) electrons. The fraction of sp³-hybridized carbons (Fsp3) is 0.455. The van der Waals surface area contributed by atoms with E-state index < -0.39 is 0 Å². The van der Waals surface area contributed by atoms with Crippen molar-refractivity contribution in [1.29, 1.82) is 0 Å². The Morgan fingerprint density at radius 2 is 2.31 bits per heavy atom. The standard InChI is InChI=1S/C11H15NO/c1-8(12)10-6-2-4-9-5-3-7-13-11(9)10/h2,4,6,8H,3,5,7,12H2,1H3. The van der Waals surface area contributed by atoms with Gasteiger partial charge in [0.05, 0.1) is 6.61 Å². The number of aryl methyl sites for hydroxylation is 1. The third kappa shape index (κ3) is 1.54. The second-order valence-electron chi connectivity index (χ2n) is 3.58. The molecule has 0 aromatic heterocycles. The van der Waals surface area contributed by atoms with Gasteiger partial charge < -0.3 is 10.5 Å². The Bertz CT molecular complexity index is 307. The molecule has 2 nitrogen and oxygen atoms in total. The topological polar surface area (TPSA) is 35.2 Å². The molecule has 0 aliphatic carbocycles. The highest BCUT2D eigenvalue weighted by Crippen LogP contribution is 2.31. The van der Waals surface area contributed by atoms with Gasteiger partial charge >= 0.3 is 0 Å². The van der Waals surface area contributed by atoms with Crippen LogP contribution >= 0.6 is 0 Å². The van der Waals surface area contributed by atoms with Crippen LogP contribution in [-0.4, -0.2) is 6.61 Å². The zero-order chi connectivity index (χ0) is 9.26. The van der Waals surface area contributed by atoms with Crippen LogP contribution in [0.25, 0.3) is 0 Å². The molecule has 0 bridgehead atoms. The normalized spacial score (nSPS) is 17.4. The lowest BCUT2D eigenvalue weighted by molar-refractivity contribution is 0.284. The SMILES string of the molecule is CC(N)c1cccc2c1OCCC2. The van der Waals surface area contributed by atoms with E-state index in [1.165, 1.54) is 5.56 Å². The number of hydrogen-bond donors (Lipinski definition) is 1. The van der Waals surface area contributed by atoms with Crippen LogP contribution in [0.15, 0.2) is 18.2 Å². The molecule has 1 unspecified atom stereocenters. The van der Waals surface area contributed by atoms with Gasteiger partial charge in [-0.2, -0.15) is 0 Å². The highest BCUT2D eigenvalue weighted by Gasteiger charge is 2.15. The maximum atomic E-state index is 5.86. The molecular formula is C11H15NO. The predicted octanol–water partition coefficient (Wildman–Crippen LogP) is 2.03. The first kappa shape index (κ1) is 8.57. The van der Waals surface area contributed by atoms with Crippen LogP contribution < -0.4 is 10.5 Å². The van der Waals surface area contributed by atoms with Crippen molar-refractivity contribution < 1.29 is 4.74 Å². The van der Waals surface area contributed by atoms with Crippen molar-refractivity contribution in [2.24, 2.45) is 5.73 Å². The fourth-order valence-electron chi connectivity index (χ4n) is 1.77. The third-order valence-corrected chi connectivity index (χ3v) is 2.45. The van der Waals surface area contributed by atoms with Gasteiger partial charge in [-0.05, 0) is 25.3 Å². The number of rotatable bonds is 1. The summed E-state index contributed by atoms with van der Waals surface area (Å²) >= 11 is 0. The van der Waals surface area contributed by atoms with E-state index in [0.29, 0.717) is 0 Å². The molecule has 2 N–H and O–H groups in total. The summed E-state index contributed by atoms with van der Waals surface area (Å²) in [5.74, 6) is 1.03. The Hall–Kier alpha value is -1.02. The Morgan fingerprint density at radius 3 is 3.08 bits per heavy atom. The second kappa shape index (κ2) is 3.38. The molecule has 70 valence electrons. The maximum absolute atomic E-state index is 5.86. The fourth-order valence-corrected chi connectivity index (χ4v) is 1.77. The van der Waals surface area contributed by atoms with Crippen LogP contribution in [0.1, 0.15) is 30.5 Å². The average Bonchev–Trinajstić information content (AvgIpc) is 2.17. The molecule has 0 fully saturated rings. The van der Waals surface area contributed by atoms with Gasteiger partial charge in [-0.15, -0.1) is 0 Å². The smallest absolute Gasteiger partial charge is 0.127 e. The monoisotopic (exact) mass is 177 g/mol. The van der Waals surface area contributed by atoms with E-state index in [-0.39, 0.29) is 6.04 Å². The van der Waals surface area contributed by atoms with Gasteiger partial charge in [0.25, 0.3) is 0 Å². The molecule has 1 aromatic rings. The van der Waals surface area contributed by atoms with E-state index >= 15 is 0 Å². The number of benzene rings is 1. The first-order valence-electron chi connectivity index (χ1n) is 4.79. The zero-order valence-corrected chi connectivity index (χ0v) is 7.92. The highest BCUT2D eigenvalue weighted by molar-refractivity contribution is 5.44. The van der Waals surface area contributed by atoms with Gasteiger partial charge in [-0.1, -0.05) is 18.2 Å². The minimum atomic E-state index is 0.0630. The van der Waals surface area contributed by atoms with Crippen molar-refractivity contribution in [1.82, 2.24) is 0 Å². The van der Waals surface area contributed by atoms with Gasteiger partial charge in [0.2, 0.25) is 0 Å². The van der Waals surface area contributed by atoms with Crippen molar-refractivity contribution in [2.45, 2.75) is 25.8 Å². The lowest BCUT2D eigenvalue weighted by Gasteiger charge is -2.21. The molecule has 1 atom stereocenters. The van der Waals surface area contributed by atoms with Crippen LogP contribution in [0, 0.1) is 0 Å². The average molecular weight is 177 g/mol. The lowest BCUT2D eigenvalue weighted by atomic mass is 9.99. The van der Waals surface area contributed by atoms with E-state index in [2.05, 4.69) is 18.2 Å². The van der Waals surface area contributed by atoms with E-state index in [1.54, 1.807) is 0 Å². The summed E-state index contributed by atoms with van der Waals surface area (Å²) in [6.07, 6.45) is 2.24. The Kier molecular flexibility index (Phi) is 2.23. The molecule has 13 heavy (non-hydrogen) atoms. The van der Waals surface area contributed by atoms with E-state index in [9.17, 15) is 0 Å². The highest BCUT2D eigenvalue weighted by atomic mass is 16.5. The van der Waals surface area contributed by atoms with Crippen LogP contribution in [0.2, 0.25) is 0 Å². The van der Waals surface area contributed by atoms with Gasteiger partial charge in [0, 0.05) is 11.6 Å². The Morgan fingerprint density at radius 1 is 1.46 bits per heavy atom. The summed E-state index contributed by atoms with van der Waals surface area (Å²) in [5, 5.41) is 0. The Balaban J connectivity index is 2.46. The predicted molar refractivity (Wildman–Crippen MR) is 52.9 cm³/mol. The van der Waals surface area contributed by atoms with E-state index in [1.807, 2.05) is 6.92 Å². The van der Waals surface area contributed by atoms with Crippen molar-refractivity contribution in [3.8, 4) is 5.75 Å². The van der Waals surface area contributed by atoms with Crippen LogP contribution in [0.3, 0.4) is 0 Å². The third-order valence-electron chi connectivity index (χ3n) is 2.45. The molecule has 0 saturated heterocycles. The minimum absolute atomic E-state index is 0.0630. The number of fused-ring (bicyclic) bond motifs is 1. The summed E-state index contributed by atoms with van der Waals surface area (Å²) in [4.78, 5) is 0. The number of hydrogen-bond acceptors (Lipinski definition) is 2. The summed E-state index contributed by atoms with van der Waals surface area (Å²) in [7, 11) is 0. The van der Waals surface area contributed by atoms with Gasteiger partial charge in [-0.25, -0.2) is 0 Å². The molecular weight excluding hydrogens is 162 g/mol. The maximum Gasteiger partial charge on any atom is 0.127 e. The number of nitrogens with two attached hydrogens (primary N) is 1. The zero-order valence-electron chi connectivity index (χ0n) is 7.92. The second-order valence-corrected chi connectivity index (χ2v) is 3.58. The molecule has 0 spiro atoms. The van der Waals surface area contributed by atoms with Crippen molar-refractivity contribution >= 4 is 0 Å². The Labute approximate surface area is 78.7 Å². The number of para-hydroxylation sites is 1. The van der Waals surface area contributed by atoms with Gasteiger partial charge in [0.15, 0.2) is 0 Å². The first-order chi connectivity index (χ1) is 6.29. The minimum Gasteiger partial charge on any atom is -0.493 e.